The van der Waals surface area contributed by atoms with Gasteiger partial charge >= 0.3 is 0 Å². The molecule has 1 aromatic heterocycles. The molecule has 0 bridgehead atoms. The van der Waals surface area contributed by atoms with Crippen LogP contribution in [0.15, 0.2) is 59.6 Å². The van der Waals surface area contributed by atoms with E-state index in [1.165, 1.54) is 16.1 Å². The monoisotopic (exact) mass is 482 g/mol. The second-order valence-corrected chi connectivity index (χ2v) is 10.8. The number of nitrogens with one attached hydrogen (secondary N) is 1. The van der Waals surface area contributed by atoms with Gasteiger partial charge in [0, 0.05) is 43.5 Å². The summed E-state index contributed by atoms with van der Waals surface area (Å²) in [4.78, 5) is 12.7. The molecule has 3 heterocycles. The van der Waals surface area contributed by atoms with Gasteiger partial charge in [0.2, 0.25) is 0 Å². The quantitative estimate of drug-likeness (QED) is 0.572. The molecule has 7 nitrogen and oxygen atoms in total. The summed E-state index contributed by atoms with van der Waals surface area (Å²) in [6.45, 7) is 2.57. The molecule has 180 valence electrons. The zero-order chi connectivity index (χ0) is 23.5. The molecule has 0 saturated carbocycles. The Bertz CT molecular complexity index is 1250. The predicted molar refractivity (Wildman–Crippen MR) is 130 cm³/mol. The van der Waals surface area contributed by atoms with Crippen LogP contribution >= 0.6 is 0 Å². The first kappa shape index (κ1) is 23.1. The lowest BCUT2D eigenvalue weighted by Gasteiger charge is -2.22. The standard InChI is InChI=1S/C26H30N2O5S/c29-26(27-17-21-5-3-4-14-33-21)20-8-10-22(11-9-20)34(30,31)28-18-24(19-12-15-32-16-13-19)23-6-1-2-7-25(23)28/h1-2,6-11,18-19,21H,3-5,12-17H2,(H,27,29). The third kappa shape index (κ3) is 4.62. The molecule has 2 fully saturated rings. The molecule has 34 heavy (non-hydrogen) atoms. The lowest BCUT2D eigenvalue weighted by atomic mass is 9.91. The van der Waals surface area contributed by atoms with Crippen LogP contribution in [0.25, 0.3) is 10.9 Å². The molecule has 0 aliphatic carbocycles. The smallest absolute Gasteiger partial charge is 0.268 e. The van der Waals surface area contributed by atoms with Gasteiger partial charge in [-0.15, -0.1) is 0 Å². The van der Waals surface area contributed by atoms with E-state index in [1.807, 2.05) is 24.3 Å². The van der Waals surface area contributed by atoms with E-state index in [0.717, 1.165) is 49.7 Å². The van der Waals surface area contributed by atoms with Gasteiger partial charge in [0.05, 0.1) is 16.5 Å². The van der Waals surface area contributed by atoms with E-state index in [-0.39, 0.29) is 22.8 Å². The van der Waals surface area contributed by atoms with Crippen molar-refractivity contribution in [2.24, 2.45) is 0 Å². The van der Waals surface area contributed by atoms with E-state index in [4.69, 9.17) is 9.47 Å². The van der Waals surface area contributed by atoms with Crippen molar-refractivity contribution in [3.63, 3.8) is 0 Å². The van der Waals surface area contributed by atoms with Crippen molar-refractivity contribution in [2.45, 2.75) is 49.0 Å². The van der Waals surface area contributed by atoms with Crippen molar-refractivity contribution < 1.29 is 22.7 Å². The van der Waals surface area contributed by atoms with Gasteiger partial charge in [-0.2, -0.15) is 0 Å². The third-order valence-corrected chi connectivity index (χ3v) is 8.50. The van der Waals surface area contributed by atoms with E-state index in [2.05, 4.69) is 5.32 Å². The van der Waals surface area contributed by atoms with Crippen LogP contribution in [0.2, 0.25) is 0 Å². The lowest BCUT2D eigenvalue weighted by Crippen LogP contribution is -2.35. The molecule has 0 spiro atoms. The minimum absolute atomic E-state index is 0.0456. The number of fused-ring (bicyclic) bond motifs is 1. The van der Waals surface area contributed by atoms with Crippen molar-refractivity contribution in [3.8, 4) is 0 Å². The second-order valence-electron chi connectivity index (χ2n) is 9.01. The molecule has 1 atom stereocenters. The number of benzene rings is 2. The molecule has 1 amide bonds. The number of amides is 1. The molecule has 1 unspecified atom stereocenters. The Morgan fingerprint density at radius 3 is 2.47 bits per heavy atom. The van der Waals surface area contributed by atoms with Gasteiger partial charge in [-0.05, 0) is 73.9 Å². The summed E-state index contributed by atoms with van der Waals surface area (Å²) in [6.07, 6.45) is 6.68. The maximum atomic E-state index is 13.6. The summed E-state index contributed by atoms with van der Waals surface area (Å²) in [5.74, 6) is 0.0423. The van der Waals surface area contributed by atoms with Crippen LogP contribution in [0.3, 0.4) is 0 Å². The van der Waals surface area contributed by atoms with Gasteiger partial charge in [0.25, 0.3) is 15.9 Å². The van der Waals surface area contributed by atoms with Crippen LogP contribution in [0.1, 0.15) is 53.9 Å². The van der Waals surface area contributed by atoms with E-state index in [9.17, 15) is 13.2 Å². The Morgan fingerprint density at radius 1 is 0.971 bits per heavy atom. The molecule has 2 aliphatic rings. The minimum Gasteiger partial charge on any atom is -0.381 e. The molecule has 0 radical (unpaired) electrons. The number of ether oxygens (including phenoxy) is 2. The van der Waals surface area contributed by atoms with Gasteiger partial charge < -0.3 is 14.8 Å². The van der Waals surface area contributed by atoms with Crippen molar-refractivity contribution in [2.75, 3.05) is 26.4 Å². The average Bonchev–Trinajstić information content (AvgIpc) is 3.29. The number of carbonyl (C=O) groups excluding carboxylic acids is 1. The Kier molecular flexibility index (Phi) is 6.72. The highest BCUT2D eigenvalue weighted by Gasteiger charge is 2.26. The molecule has 2 aromatic carbocycles. The SMILES string of the molecule is O=C(NCC1CCCCO1)c1ccc(S(=O)(=O)n2cc(C3CCOCC3)c3ccccc32)cc1. The van der Waals surface area contributed by atoms with Crippen molar-refractivity contribution in [3.05, 3.63) is 65.9 Å². The highest BCUT2D eigenvalue weighted by molar-refractivity contribution is 7.90. The fourth-order valence-corrected chi connectivity index (χ4v) is 6.25. The van der Waals surface area contributed by atoms with Crippen LogP contribution in [0.4, 0.5) is 0 Å². The minimum atomic E-state index is -3.82. The first-order valence-corrected chi connectivity index (χ1v) is 13.4. The zero-order valence-corrected chi connectivity index (χ0v) is 19.9. The van der Waals surface area contributed by atoms with Gasteiger partial charge in [-0.3, -0.25) is 4.79 Å². The van der Waals surface area contributed by atoms with E-state index in [0.29, 0.717) is 30.8 Å². The zero-order valence-electron chi connectivity index (χ0n) is 19.1. The van der Waals surface area contributed by atoms with Gasteiger partial charge in [0.1, 0.15) is 0 Å². The predicted octanol–water partition coefficient (Wildman–Crippen LogP) is 4.07. The van der Waals surface area contributed by atoms with Crippen molar-refractivity contribution >= 4 is 26.8 Å². The number of hydrogen-bond donors (Lipinski definition) is 1. The average molecular weight is 483 g/mol. The summed E-state index contributed by atoms with van der Waals surface area (Å²) in [6, 6.07) is 13.7. The third-order valence-electron chi connectivity index (χ3n) is 6.81. The van der Waals surface area contributed by atoms with Gasteiger partial charge in [-0.1, -0.05) is 18.2 Å². The molecular weight excluding hydrogens is 452 g/mol. The number of rotatable bonds is 6. The second kappa shape index (κ2) is 9.90. The van der Waals surface area contributed by atoms with Gasteiger partial charge in [-0.25, -0.2) is 12.4 Å². The van der Waals surface area contributed by atoms with E-state index in [1.54, 1.807) is 18.3 Å². The normalized spacial score (nSPS) is 19.8. The van der Waals surface area contributed by atoms with Crippen LogP contribution in [-0.2, 0) is 19.5 Å². The summed E-state index contributed by atoms with van der Waals surface area (Å²) in [5.41, 5.74) is 2.14. The topological polar surface area (TPSA) is 86.6 Å². The number of hydrogen-bond acceptors (Lipinski definition) is 5. The molecule has 5 rings (SSSR count). The summed E-state index contributed by atoms with van der Waals surface area (Å²) < 4.78 is 39.7. The Morgan fingerprint density at radius 2 is 1.74 bits per heavy atom. The van der Waals surface area contributed by atoms with Crippen LogP contribution in [-0.4, -0.2) is 50.8 Å². The molecule has 8 heteroatoms. The maximum absolute atomic E-state index is 13.6. The number of aromatic nitrogens is 1. The van der Waals surface area contributed by atoms with Gasteiger partial charge in [0.15, 0.2) is 0 Å². The van der Waals surface area contributed by atoms with Crippen LogP contribution < -0.4 is 5.32 Å². The van der Waals surface area contributed by atoms with Crippen molar-refractivity contribution in [1.82, 2.24) is 9.29 Å². The van der Waals surface area contributed by atoms with E-state index < -0.39 is 10.0 Å². The number of nitrogens with zero attached hydrogens (tertiary/aromatic N) is 1. The summed E-state index contributed by atoms with van der Waals surface area (Å²) in [7, 11) is -3.82. The molecule has 1 N–H and O–H groups in total. The summed E-state index contributed by atoms with van der Waals surface area (Å²) in [5, 5.41) is 3.85. The van der Waals surface area contributed by atoms with Crippen molar-refractivity contribution in [1.29, 1.82) is 0 Å². The number of carbonyl (C=O) groups is 1. The van der Waals surface area contributed by atoms with E-state index >= 15 is 0 Å². The van der Waals surface area contributed by atoms with Crippen LogP contribution in [0, 0.1) is 0 Å². The fraction of sp³-hybridized carbons (Fsp3) is 0.423. The Labute approximate surface area is 200 Å². The molecule has 2 aliphatic heterocycles. The Balaban J connectivity index is 1.38. The molecular formula is C26H30N2O5S. The largest absolute Gasteiger partial charge is 0.381 e. The lowest BCUT2D eigenvalue weighted by molar-refractivity contribution is 0.0169. The molecule has 3 aromatic rings. The summed E-state index contributed by atoms with van der Waals surface area (Å²) >= 11 is 0. The number of para-hydroxylation sites is 1. The Hall–Kier alpha value is -2.68. The highest BCUT2D eigenvalue weighted by Crippen LogP contribution is 2.35. The fourth-order valence-electron chi connectivity index (χ4n) is 4.88. The molecule has 2 saturated heterocycles. The first-order valence-electron chi connectivity index (χ1n) is 12.0. The first-order chi connectivity index (χ1) is 16.5. The highest BCUT2D eigenvalue weighted by atomic mass is 32.2. The maximum Gasteiger partial charge on any atom is 0.268 e. The van der Waals surface area contributed by atoms with Crippen LogP contribution in [0.5, 0.6) is 0 Å².